The Balaban J connectivity index is 2.16. The molecule has 128 valence electrons. The molecule has 0 unspecified atom stereocenters. The predicted octanol–water partition coefficient (Wildman–Crippen LogP) is 3.78. The normalized spacial score (nSPS) is 16.9. The highest BCUT2D eigenvalue weighted by Crippen LogP contribution is 2.32. The smallest absolute Gasteiger partial charge is 0.338 e. The highest BCUT2D eigenvalue weighted by Gasteiger charge is 2.34. The summed E-state index contributed by atoms with van der Waals surface area (Å²) >= 11 is 3.40. The Kier molecular flexibility index (Phi) is 5.19. The van der Waals surface area contributed by atoms with E-state index in [1.807, 2.05) is 54.6 Å². The third-order valence-electron chi connectivity index (χ3n) is 3.83. The van der Waals surface area contributed by atoms with Crippen LogP contribution in [0.25, 0.3) is 5.70 Å². The Morgan fingerprint density at radius 2 is 1.80 bits per heavy atom. The van der Waals surface area contributed by atoms with Crippen molar-refractivity contribution in [3.05, 3.63) is 75.8 Å². The molecule has 0 saturated heterocycles. The molecule has 0 aromatic heterocycles. The first-order valence-corrected chi connectivity index (χ1v) is 8.69. The van der Waals surface area contributed by atoms with E-state index in [2.05, 4.69) is 26.6 Å². The Morgan fingerprint density at radius 3 is 2.44 bits per heavy atom. The van der Waals surface area contributed by atoms with E-state index < -0.39 is 12.0 Å². The first-order valence-electron chi connectivity index (χ1n) is 7.90. The summed E-state index contributed by atoms with van der Waals surface area (Å²) in [6, 6.07) is 15.8. The molecule has 0 fully saturated rings. The number of carbonyl (C=O) groups is 2. The molecule has 3 rings (SSSR count). The van der Waals surface area contributed by atoms with Crippen molar-refractivity contribution < 1.29 is 14.3 Å². The molecule has 6 heteroatoms. The van der Waals surface area contributed by atoms with Crippen LogP contribution in [0.5, 0.6) is 0 Å². The van der Waals surface area contributed by atoms with Crippen molar-refractivity contribution in [3.63, 3.8) is 0 Å². The van der Waals surface area contributed by atoms with E-state index in [-0.39, 0.29) is 12.6 Å². The van der Waals surface area contributed by atoms with Crippen molar-refractivity contribution >= 4 is 33.6 Å². The Morgan fingerprint density at radius 1 is 1.12 bits per heavy atom. The number of nitrogens with one attached hydrogen (secondary N) is 2. The molecule has 1 aliphatic heterocycles. The molecule has 2 aromatic carbocycles. The Labute approximate surface area is 154 Å². The highest BCUT2D eigenvalue weighted by molar-refractivity contribution is 9.10. The minimum atomic E-state index is -0.587. The maximum Gasteiger partial charge on any atom is 0.338 e. The van der Waals surface area contributed by atoms with Crippen LogP contribution in [0.2, 0.25) is 0 Å². The van der Waals surface area contributed by atoms with Crippen LogP contribution in [-0.2, 0) is 9.53 Å². The lowest BCUT2D eigenvalue weighted by Gasteiger charge is -2.29. The van der Waals surface area contributed by atoms with Gasteiger partial charge >= 0.3 is 12.0 Å². The second-order valence-corrected chi connectivity index (χ2v) is 6.37. The Hall–Kier alpha value is -2.60. The van der Waals surface area contributed by atoms with Crippen LogP contribution in [0.4, 0.5) is 4.79 Å². The second kappa shape index (κ2) is 7.53. The minimum absolute atomic E-state index is 0.255. The molecule has 0 aliphatic carbocycles. The van der Waals surface area contributed by atoms with Gasteiger partial charge in [-0.3, -0.25) is 0 Å². The van der Waals surface area contributed by atoms with Crippen molar-refractivity contribution in [2.75, 3.05) is 6.61 Å². The van der Waals surface area contributed by atoms with Crippen LogP contribution in [0.15, 0.2) is 64.6 Å². The van der Waals surface area contributed by atoms with Gasteiger partial charge in [-0.1, -0.05) is 58.4 Å². The topological polar surface area (TPSA) is 67.4 Å². The molecule has 2 N–H and O–H groups in total. The molecule has 2 amide bonds. The van der Waals surface area contributed by atoms with Crippen LogP contribution in [0, 0.1) is 0 Å². The standard InChI is InChI=1S/C19H17BrN2O3/c1-2-25-18(23)15-16(12-6-4-3-5-7-12)21-19(24)22-17(15)13-8-10-14(20)11-9-13/h3-11,17H,2H2,1H3,(H2,21,22,24)/t17-/m0/s1. The number of esters is 1. The maximum atomic E-state index is 12.7. The van der Waals surface area contributed by atoms with Crippen LogP contribution >= 0.6 is 15.9 Å². The van der Waals surface area contributed by atoms with E-state index in [1.54, 1.807) is 6.92 Å². The largest absolute Gasteiger partial charge is 0.463 e. The zero-order valence-corrected chi connectivity index (χ0v) is 15.2. The van der Waals surface area contributed by atoms with Gasteiger partial charge in [-0.2, -0.15) is 0 Å². The molecule has 0 radical (unpaired) electrons. The molecule has 0 saturated carbocycles. The molecule has 2 aromatic rings. The number of urea groups is 1. The minimum Gasteiger partial charge on any atom is -0.463 e. The number of amides is 2. The number of benzene rings is 2. The van der Waals surface area contributed by atoms with Crippen molar-refractivity contribution in [1.82, 2.24) is 10.6 Å². The summed E-state index contributed by atoms with van der Waals surface area (Å²) in [4.78, 5) is 24.9. The SMILES string of the molecule is CCOC(=O)C1=C(c2ccccc2)NC(=O)N[C@H]1c1ccc(Br)cc1. The number of hydrogen-bond donors (Lipinski definition) is 2. The van der Waals surface area contributed by atoms with Crippen LogP contribution in [0.3, 0.4) is 0 Å². The molecule has 1 atom stereocenters. The van der Waals surface area contributed by atoms with E-state index in [9.17, 15) is 9.59 Å². The van der Waals surface area contributed by atoms with E-state index in [4.69, 9.17) is 4.74 Å². The van der Waals surface area contributed by atoms with E-state index in [0.29, 0.717) is 11.3 Å². The quantitative estimate of drug-likeness (QED) is 0.767. The fraction of sp³-hybridized carbons (Fsp3) is 0.158. The zero-order chi connectivity index (χ0) is 17.8. The van der Waals surface area contributed by atoms with Gasteiger partial charge in [0.1, 0.15) is 0 Å². The van der Waals surface area contributed by atoms with Crippen molar-refractivity contribution in [3.8, 4) is 0 Å². The molecular formula is C19H17BrN2O3. The zero-order valence-electron chi connectivity index (χ0n) is 13.6. The second-order valence-electron chi connectivity index (χ2n) is 5.46. The van der Waals surface area contributed by atoms with E-state index in [0.717, 1.165) is 15.6 Å². The van der Waals surface area contributed by atoms with Crippen LogP contribution in [-0.4, -0.2) is 18.6 Å². The van der Waals surface area contributed by atoms with Gasteiger partial charge in [-0.25, -0.2) is 9.59 Å². The molecule has 1 aliphatic rings. The van der Waals surface area contributed by atoms with Gasteiger partial charge in [0, 0.05) is 4.47 Å². The molecule has 0 bridgehead atoms. The predicted molar refractivity (Wildman–Crippen MR) is 98.5 cm³/mol. The summed E-state index contributed by atoms with van der Waals surface area (Å²) in [5.74, 6) is -0.457. The molecular weight excluding hydrogens is 384 g/mol. The van der Waals surface area contributed by atoms with Crippen LogP contribution in [0.1, 0.15) is 24.1 Å². The number of hydrogen-bond acceptors (Lipinski definition) is 3. The molecule has 5 nitrogen and oxygen atoms in total. The van der Waals surface area contributed by atoms with Gasteiger partial charge < -0.3 is 15.4 Å². The highest BCUT2D eigenvalue weighted by atomic mass is 79.9. The van der Waals surface area contributed by atoms with E-state index in [1.165, 1.54) is 0 Å². The molecule has 0 spiro atoms. The van der Waals surface area contributed by atoms with Gasteiger partial charge in [-0.05, 0) is 30.2 Å². The van der Waals surface area contributed by atoms with Gasteiger partial charge in [0.05, 0.1) is 23.9 Å². The van der Waals surface area contributed by atoms with Crippen molar-refractivity contribution in [2.45, 2.75) is 13.0 Å². The fourth-order valence-electron chi connectivity index (χ4n) is 2.73. The van der Waals surface area contributed by atoms with Gasteiger partial charge in [0.25, 0.3) is 0 Å². The monoisotopic (exact) mass is 400 g/mol. The Bertz CT molecular complexity index is 816. The van der Waals surface area contributed by atoms with Gasteiger partial charge in [-0.15, -0.1) is 0 Å². The van der Waals surface area contributed by atoms with Gasteiger partial charge in [0.2, 0.25) is 0 Å². The van der Waals surface area contributed by atoms with Crippen molar-refractivity contribution in [2.24, 2.45) is 0 Å². The van der Waals surface area contributed by atoms with E-state index >= 15 is 0 Å². The average Bonchev–Trinajstić information content (AvgIpc) is 2.62. The van der Waals surface area contributed by atoms with Crippen molar-refractivity contribution in [1.29, 1.82) is 0 Å². The third-order valence-corrected chi connectivity index (χ3v) is 4.36. The van der Waals surface area contributed by atoms with Crippen LogP contribution < -0.4 is 10.6 Å². The molecule has 1 heterocycles. The number of rotatable bonds is 4. The summed E-state index contributed by atoms with van der Waals surface area (Å²) < 4.78 is 6.16. The number of halogens is 1. The summed E-state index contributed by atoms with van der Waals surface area (Å²) in [7, 11) is 0. The lowest BCUT2D eigenvalue weighted by molar-refractivity contribution is -0.138. The molecule has 25 heavy (non-hydrogen) atoms. The summed E-state index contributed by atoms with van der Waals surface area (Å²) in [5, 5.41) is 5.57. The lowest BCUT2D eigenvalue weighted by Crippen LogP contribution is -2.45. The first-order chi connectivity index (χ1) is 12.1. The first kappa shape index (κ1) is 17.2. The van der Waals surface area contributed by atoms with Gasteiger partial charge in [0.15, 0.2) is 0 Å². The number of ether oxygens (including phenoxy) is 1. The summed E-state index contributed by atoms with van der Waals surface area (Å²) in [5.41, 5.74) is 2.41. The fourth-order valence-corrected chi connectivity index (χ4v) is 3.00. The summed E-state index contributed by atoms with van der Waals surface area (Å²) in [6.45, 7) is 2.01. The summed E-state index contributed by atoms with van der Waals surface area (Å²) in [6.07, 6.45) is 0. The lowest BCUT2D eigenvalue weighted by atomic mass is 9.93. The third kappa shape index (κ3) is 3.74. The number of carbonyl (C=O) groups excluding carboxylic acids is 2. The maximum absolute atomic E-state index is 12.7. The average molecular weight is 401 g/mol.